The Morgan fingerprint density at radius 3 is 2.14 bits per heavy atom. The van der Waals surface area contributed by atoms with Crippen molar-refractivity contribution in [3.8, 4) is 11.1 Å². The molecule has 8 nitrogen and oxygen atoms in total. The minimum Gasteiger partial charge on any atom is -0.449 e. The first-order valence-corrected chi connectivity index (χ1v) is 8.78. The van der Waals surface area contributed by atoms with Gasteiger partial charge in [-0.1, -0.05) is 48.5 Å². The number of hydrogen-bond donors (Lipinski definition) is 3. The molecule has 3 amide bonds. The van der Waals surface area contributed by atoms with Gasteiger partial charge in [0.1, 0.15) is 26.5 Å². The van der Waals surface area contributed by atoms with E-state index in [0.29, 0.717) is 0 Å². The lowest BCUT2D eigenvalue weighted by atomic mass is 9.98. The molecule has 0 radical (unpaired) electrons. The predicted octanol–water partition coefficient (Wildman–Crippen LogP) is 1.10. The predicted molar refractivity (Wildman–Crippen MR) is 101 cm³/mol. The highest BCUT2D eigenvalue weighted by Gasteiger charge is 2.28. The lowest BCUT2D eigenvalue weighted by Crippen LogP contribution is -2.38. The average Bonchev–Trinajstić information content (AvgIpc) is 3.02. The van der Waals surface area contributed by atoms with Crippen molar-refractivity contribution in [2.75, 3.05) is 26.5 Å². The second-order valence-electron chi connectivity index (χ2n) is 6.24. The van der Waals surface area contributed by atoms with Crippen molar-refractivity contribution in [3.63, 3.8) is 0 Å². The maximum atomic E-state index is 11.9. The first-order chi connectivity index (χ1) is 13.6. The van der Waals surface area contributed by atoms with Crippen LogP contribution in [0.5, 0.6) is 0 Å². The highest BCUT2D eigenvalue weighted by atomic mass is 16.5. The number of nitrogens with two attached hydrogens (primary N) is 1. The molecule has 0 bridgehead atoms. The standard InChI is InChI=1S/C20H21N3O5/c21-18(24)11-27-12-23-19(25)9-22-20(26)28-10-17-15-7-3-1-5-13(15)14-6-2-4-8-16(14)17/h1-8,17H,9-12H2,(H2,21,24)(H,22,26)(H,23,25). The number of carbonyl (C=O) groups is 3. The molecule has 0 aliphatic heterocycles. The summed E-state index contributed by atoms with van der Waals surface area (Å²) in [6.07, 6.45) is -0.685. The Kier molecular flexibility index (Phi) is 6.23. The van der Waals surface area contributed by atoms with E-state index in [-0.39, 0.29) is 32.4 Å². The monoisotopic (exact) mass is 383 g/mol. The van der Waals surface area contributed by atoms with E-state index < -0.39 is 17.9 Å². The summed E-state index contributed by atoms with van der Waals surface area (Å²) in [6, 6.07) is 16.1. The largest absolute Gasteiger partial charge is 0.449 e. The maximum absolute atomic E-state index is 11.9. The Bertz CT molecular complexity index is 838. The minimum atomic E-state index is -0.685. The van der Waals surface area contributed by atoms with Gasteiger partial charge in [0.25, 0.3) is 0 Å². The molecule has 0 saturated heterocycles. The topological polar surface area (TPSA) is 120 Å². The normalized spacial score (nSPS) is 12.0. The number of rotatable bonds is 8. The molecule has 1 aliphatic rings. The summed E-state index contributed by atoms with van der Waals surface area (Å²) in [5, 5.41) is 4.76. The fourth-order valence-electron chi connectivity index (χ4n) is 3.15. The molecular weight excluding hydrogens is 362 g/mol. The van der Waals surface area contributed by atoms with Crippen molar-refractivity contribution < 1.29 is 23.9 Å². The van der Waals surface area contributed by atoms with Gasteiger partial charge >= 0.3 is 6.09 Å². The van der Waals surface area contributed by atoms with Crippen molar-refractivity contribution in [3.05, 3.63) is 59.7 Å². The Morgan fingerprint density at radius 2 is 1.54 bits per heavy atom. The van der Waals surface area contributed by atoms with Gasteiger partial charge in [0.15, 0.2) is 0 Å². The summed E-state index contributed by atoms with van der Waals surface area (Å²) in [5.41, 5.74) is 9.41. The van der Waals surface area contributed by atoms with Crippen LogP contribution >= 0.6 is 0 Å². The summed E-state index contributed by atoms with van der Waals surface area (Å²) < 4.78 is 10.1. The first-order valence-electron chi connectivity index (χ1n) is 8.78. The van der Waals surface area contributed by atoms with Gasteiger partial charge in [-0.2, -0.15) is 0 Å². The van der Waals surface area contributed by atoms with Crippen molar-refractivity contribution in [2.24, 2.45) is 5.73 Å². The zero-order valence-corrected chi connectivity index (χ0v) is 15.1. The van der Waals surface area contributed by atoms with E-state index in [2.05, 4.69) is 22.8 Å². The lowest BCUT2D eigenvalue weighted by Gasteiger charge is -2.14. The molecule has 2 aromatic carbocycles. The highest BCUT2D eigenvalue weighted by Crippen LogP contribution is 2.44. The molecule has 0 fully saturated rings. The number of carbonyl (C=O) groups excluding carboxylic acids is 3. The lowest BCUT2D eigenvalue weighted by molar-refractivity contribution is -0.126. The highest BCUT2D eigenvalue weighted by molar-refractivity contribution is 5.82. The third-order valence-corrected chi connectivity index (χ3v) is 4.35. The molecule has 0 saturated carbocycles. The van der Waals surface area contributed by atoms with E-state index >= 15 is 0 Å². The zero-order chi connectivity index (χ0) is 19.9. The third-order valence-electron chi connectivity index (χ3n) is 4.35. The van der Waals surface area contributed by atoms with Crippen molar-refractivity contribution in [2.45, 2.75) is 5.92 Å². The number of primary amides is 1. The van der Waals surface area contributed by atoms with Gasteiger partial charge in [0.05, 0.1) is 0 Å². The fourth-order valence-corrected chi connectivity index (χ4v) is 3.15. The molecule has 28 heavy (non-hydrogen) atoms. The van der Waals surface area contributed by atoms with Crippen molar-refractivity contribution in [1.29, 1.82) is 0 Å². The van der Waals surface area contributed by atoms with Gasteiger partial charge in [0.2, 0.25) is 11.8 Å². The number of fused-ring (bicyclic) bond motifs is 3. The smallest absolute Gasteiger partial charge is 0.407 e. The summed E-state index contributed by atoms with van der Waals surface area (Å²) in [5.74, 6) is -1.15. The summed E-state index contributed by atoms with van der Waals surface area (Å²) in [6.45, 7) is -0.561. The molecule has 4 N–H and O–H groups in total. The first kappa shape index (κ1) is 19.4. The van der Waals surface area contributed by atoms with Crippen molar-refractivity contribution >= 4 is 17.9 Å². The van der Waals surface area contributed by atoms with E-state index in [1.807, 2.05) is 36.4 Å². The van der Waals surface area contributed by atoms with E-state index in [9.17, 15) is 14.4 Å². The van der Waals surface area contributed by atoms with Crippen LogP contribution in [0.3, 0.4) is 0 Å². The molecule has 146 valence electrons. The van der Waals surface area contributed by atoms with E-state index in [0.717, 1.165) is 22.3 Å². The SMILES string of the molecule is NC(=O)COCNC(=O)CNC(=O)OCC1c2ccccc2-c2ccccc21. The van der Waals surface area contributed by atoms with Crippen molar-refractivity contribution in [1.82, 2.24) is 10.6 Å². The van der Waals surface area contributed by atoms with Crippen LogP contribution in [-0.2, 0) is 19.1 Å². The molecule has 1 aliphatic carbocycles. The molecule has 0 aromatic heterocycles. The Hall–Kier alpha value is -3.39. The number of alkyl carbamates (subject to hydrolysis) is 1. The second kappa shape index (κ2) is 9.01. The Balaban J connectivity index is 1.47. The molecular formula is C20H21N3O5. The van der Waals surface area contributed by atoms with E-state index in [1.165, 1.54) is 0 Å². The molecule has 0 spiro atoms. The van der Waals surface area contributed by atoms with Gasteiger partial charge in [-0.3, -0.25) is 9.59 Å². The molecule has 2 aromatic rings. The van der Waals surface area contributed by atoms with Crippen LogP contribution in [0.25, 0.3) is 11.1 Å². The molecule has 0 heterocycles. The van der Waals surface area contributed by atoms with E-state index in [1.54, 1.807) is 0 Å². The van der Waals surface area contributed by atoms with Crippen LogP contribution in [0.15, 0.2) is 48.5 Å². The van der Waals surface area contributed by atoms with Gasteiger partial charge in [0, 0.05) is 5.92 Å². The number of ether oxygens (including phenoxy) is 2. The van der Waals surface area contributed by atoms with Gasteiger partial charge in [-0.15, -0.1) is 0 Å². The Morgan fingerprint density at radius 1 is 0.929 bits per heavy atom. The van der Waals surface area contributed by atoms with Crippen LogP contribution in [-0.4, -0.2) is 44.4 Å². The number of nitrogens with one attached hydrogen (secondary N) is 2. The maximum Gasteiger partial charge on any atom is 0.407 e. The number of benzene rings is 2. The number of hydrogen-bond acceptors (Lipinski definition) is 5. The number of amides is 3. The molecule has 0 unspecified atom stereocenters. The fraction of sp³-hybridized carbons (Fsp3) is 0.250. The second-order valence-corrected chi connectivity index (χ2v) is 6.24. The summed E-state index contributed by atoms with van der Waals surface area (Å²) >= 11 is 0. The summed E-state index contributed by atoms with van der Waals surface area (Å²) in [7, 11) is 0. The van der Waals surface area contributed by atoms with Crippen LogP contribution < -0.4 is 16.4 Å². The van der Waals surface area contributed by atoms with Crippen LogP contribution in [0, 0.1) is 0 Å². The van der Waals surface area contributed by atoms with Crippen LogP contribution in [0.4, 0.5) is 4.79 Å². The zero-order valence-electron chi connectivity index (χ0n) is 15.1. The molecule has 8 heteroatoms. The third kappa shape index (κ3) is 4.66. The summed E-state index contributed by atoms with van der Waals surface area (Å²) in [4.78, 5) is 34.0. The van der Waals surface area contributed by atoms with Gasteiger partial charge in [-0.05, 0) is 22.3 Å². The molecule has 0 atom stereocenters. The molecule has 3 rings (SSSR count). The van der Waals surface area contributed by atoms with Gasteiger partial charge in [-0.25, -0.2) is 4.79 Å². The van der Waals surface area contributed by atoms with Crippen LogP contribution in [0.2, 0.25) is 0 Å². The van der Waals surface area contributed by atoms with E-state index in [4.69, 9.17) is 15.2 Å². The van der Waals surface area contributed by atoms with Crippen LogP contribution in [0.1, 0.15) is 17.0 Å². The minimum absolute atomic E-state index is 0.0471. The van der Waals surface area contributed by atoms with Gasteiger partial charge < -0.3 is 25.8 Å². The average molecular weight is 383 g/mol. The Labute approximate surface area is 162 Å². The quantitative estimate of drug-likeness (QED) is 0.466.